The Bertz CT molecular complexity index is 877. The quantitative estimate of drug-likeness (QED) is 0.792. The lowest BCUT2D eigenvalue weighted by atomic mass is 10.1. The summed E-state index contributed by atoms with van der Waals surface area (Å²) in [5.74, 6) is 0.363. The van der Waals surface area contributed by atoms with E-state index in [1.807, 2.05) is 42.6 Å². The summed E-state index contributed by atoms with van der Waals surface area (Å²) in [6, 6.07) is 11.0. The van der Waals surface area contributed by atoms with Gasteiger partial charge in [0, 0.05) is 13.2 Å². The van der Waals surface area contributed by atoms with Crippen LogP contribution in [0.4, 0.5) is 9.18 Å². The number of hydrogen-bond donors (Lipinski definition) is 1. The lowest BCUT2D eigenvalue weighted by Crippen LogP contribution is -2.40. The van der Waals surface area contributed by atoms with E-state index in [2.05, 4.69) is 15.5 Å². The molecule has 0 aliphatic heterocycles. The summed E-state index contributed by atoms with van der Waals surface area (Å²) in [5.41, 5.74) is 1.59. The van der Waals surface area contributed by atoms with Gasteiger partial charge >= 0.3 is 6.03 Å². The van der Waals surface area contributed by atoms with Gasteiger partial charge in [0.05, 0.1) is 12.1 Å². The average Bonchev–Trinajstić information content (AvgIpc) is 3.05. The summed E-state index contributed by atoms with van der Waals surface area (Å²) in [6.07, 6.45) is 1.86. The molecule has 25 heavy (non-hydrogen) atoms. The predicted octanol–water partition coefficient (Wildman–Crippen LogP) is 3.33. The number of carbonyl (C=O) groups excluding carboxylic acids is 1. The van der Waals surface area contributed by atoms with Crippen molar-refractivity contribution in [1.29, 1.82) is 0 Å². The van der Waals surface area contributed by atoms with E-state index in [0.717, 1.165) is 11.2 Å². The zero-order chi connectivity index (χ0) is 18.0. The summed E-state index contributed by atoms with van der Waals surface area (Å²) in [7, 11) is 1.71. The molecule has 0 radical (unpaired) electrons. The topological polar surface area (TPSA) is 62.5 Å². The maximum Gasteiger partial charge on any atom is 0.318 e. The number of fused-ring (bicyclic) bond motifs is 1. The lowest BCUT2D eigenvalue weighted by Gasteiger charge is -2.27. The minimum absolute atomic E-state index is 0.192. The molecule has 1 N–H and O–H groups in total. The molecular weight excluding hydrogens is 321 g/mol. The molecule has 6 nitrogen and oxygen atoms in total. The van der Waals surface area contributed by atoms with Crippen LogP contribution in [-0.4, -0.2) is 32.6 Å². The van der Waals surface area contributed by atoms with Crippen LogP contribution < -0.4 is 5.32 Å². The van der Waals surface area contributed by atoms with E-state index >= 15 is 0 Å². The minimum Gasteiger partial charge on any atom is -0.328 e. The fourth-order valence-corrected chi connectivity index (χ4v) is 2.65. The maximum atomic E-state index is 13.1. The largest absolute Gasteiger partial charge is 0.328 e. The summed E-state index contributed by atoms with van der Waals surface area (Å²) < 4.78 is 14.9. The Balaban J connectivity index is 1.71. The molecule has 2 atom stereocenters. The van der Waals surface area contributed by atoms with E-state index in [4.69, 9.17) is 0 Å². The number of halogens is 1. The summed E-state index contributed by atoms with van der Waals surface area (Å²) >= 11 is 0. The second-order valence-electron chi connectivity index (χ2n) is 6.00. The van der Waals surface area contributed by atoms with Gasteiger partial charge in [-0.15, -0.1) is 10.2 Å². The first kappa shape index (κ1) is 16.9. The molecule has 130 valence electrons. The van der Waals surface area contributed by atoms with Crippen LogP contribution in [0.15, 0.2) is 48.7 Å². The molecule has 0 saturated heterocycles. The molecule has 0 aliphatic rings. The molecule has 3 rings (SSSR count). The van der Waals surface area contributed by atoms with Gasteiger partial charge in [-0.05, 0) is 43.7 Å². The van der Waals surface area contributed by atoms with Crippen molar-refractivity contribution in [2.45, 2.75) is 25.9 Å². The third kappa shape index (κ3) is 3.45. The van der Waals surface area contributed by atoms with Crippen molar-refractivity contribution in [2.24, 2.45) is 0 Å². The number of aromatic nitrogens is 3. The van der Waals surface area contributed by atoms with Crippen LogP contribution in [0.2, 0.25) is 0 Å². The molecule has 7 heteroatoms. The SMILES string of the molecule is CC(NC(=O)N(C)C(C)c1ccc(F)cc1)c1nnc2ccccn12. The van der Waals surface area contributed by atoms with Crippen LogP contribution in [0.5, 0.6) is 0 Å². The highest BCUT2D eigenvalue weighted by molar-refractivity contribution is 5.74. The third-order valence-corrected chi connectivity index (χ3v) is 4.32. The first-order chi connectivity index (χ1) is 12.0. The van der Waals surface area contributed by atoms with Gasteiger partial charge in [0.15, 0.2) is 11.5 Å². The Morgan fingerprint density at radius 2 is 1.88 bits per heavy atom. The van der Waals surface area contributed by atoms with Gasteiger partial charge in [-0.3, -0.25) is 4.40 Å². The number of nitrogens with zero attached hydrogens (tertiary/aromatic N) is 4. The van der Waals surface area contributed by atoms with Gasteiger partial charge in [0.1, 0.15) is 5.82 Å². The van der Waals surface area contributed by atoms with Crippen LogP contribution in [0.3, 0.4) is 0 Å². The summed E-state index contributed by atoms with van der Waals surface area (Å²) in [6.45, 7) is 3.75. The minimum atomic E-state index is -0.312. The molecule has 0 saturated carbocycles. The normalized spacial score (nSPS) is 13.4. The fraction of sp³-hybridized carbons (Fsp3) is 0.278. The van der Waals surface area contributed by atoms with Crippen LogP contribution in [0, 0.1) is 5.82 Å². The van der Waals surface area contributed by atoms with Crippen molar-refractivity contribution in [3.8, 4) is 0 Å². The Kier molecular flexibility index (Phi) is 4.65. The smallest absolute Gasteiger partial charge is 0.318 e. The number of amides is 2. The number of pyridine rings is 1. The van der Waals surface area contributed by atoms with E-state index < -0.39 is 0 Å². The van der Waals surface area contributed by atoms with Crippen molar-refractivity contribution >= 4 is 11.7 Å². The Labute approximate surface area is 145 Å². The van der Waals surface area contributed by atoms with Crippen LogP contribution in [0.1, 0.15) is 37.3 Å². The van der Waals surface area contributed by atoms with Crippen molar-refractivity contribution in [3.05, 3.63) is 65.9 Å². The number of carbonyl (C=O) groups is 1. The van der Waals surface area contributed by atoms with Gasteiger partial charge in [-0.2, -0.15) is 0 Å². The van der Waals surface area contributed by atoms with Crippen molar-refractivity contribution < 1.29 is 9.18 Å². The van der Waals surface area contributed by atoms with Gasteiger partial charge in [-0.25, -0.2) is 9.18 Å². The molecule has 0 fully saturated rings. The number of nitrogens with one attached hydrogen (secondary N) is 1. The van der Waals surface area contributed by atoms with Crippen molar-refractivity contribution in [2.75, 3.05) is 7.05 Å². The van der Waals surface area contributed by atoms with Crippen LogP contribution in [0.25, 0.3) is 5.65 Å². The number of benzene rings is 1. The fourth-order valence-electron chi connectivity index (χ4n) is 2.65. The highest BCUT2D eigenvalue weighted by atomic mass is 19.1. The first-order valence-corrected chi connectivity index (χ1v) is 8.06. The first-order valence-electron chi connectivity index (χ1n) is 8.06. The molecule has 2 heterocycles. The molecule has 2 unspecified atom stereocenters. The van der Waals surface area contributed by atoms with E-state index in [-0.39, 0.29) is 23.9 Å². The summed E-state index contributed by atoms with van der Waals surface area (Å²) in [5, 5.41) is 11.2. The Hall–Kier alpha value is -2.96. The Morgan fingerprint density at radius 3 is 2.60 bits per heavy atom. The van der Waals surface area contributed by atoms with E-state index in [9.17, 15) is 9.18 Å². The second-order valence-corrected chi connectivity index (χ2v) is 6.00. The molecule has 1 aromatic carbocycles. The zero-order valence-corrected chi connectivity index (χ0v) is 14.3. The second kappa shape index (κ2) is 6.88. The standard InChI is InChI=1S/C18H20FN5O/c1-12(17-22-21-16-6-4-5-11-24(16)17)20-18(25)23(3)13(2)14-7-9-15(19)10-8-14/h4-13H,1-3H3,(H,20,25). The average molecular weight is 341 g/mol. The zero-order valence-electron chi connectivity index (χ0n) is 14.3. The van der Waals surface area contributed by atoms with Gasteiger partial charge < -0.3 is 10.2 Å². The van der Waals surface area contributed by atoms with Crippen molar-refractivity contribution in [3.63, 3.8) is 0 Å². The molecule has 0 spiro atoms. The molecule has 2 amide bonds. The highest BCUT2D eigenvalue weighted by Crippen LogP contribution is 2.20. The highest BCUT2D eigenvalue weighted by Gasteiger charge is 2.21. The molecule has 0 aliphatic carbocycles. The molecule has 0 bridgehead atoms. The predicted molar refractivity (Wildman–Crippen MR) is 92.5 cm³/mol. The van der Waals surface area contributed by atoms with Gasteiger partial charge in [0.25, 0.3) is 0 Å². The summed E-state index contributed by atoms with van der Waals surface area (Å²) in [4.78, 5) is 14.1. The Morgan fingerprint density at radius 1 is 1.16 bits per heavy atom. The van der Waals surface area contributed by atoms with Crippen LogP contribution >= 0.6 is 0 Å². The molecule has 3 aromatic rings. The number of urea groups is 1. The third-order valence-electron chi connectivity index (χ3n) is 4.32. The number of hydrogen-bond acceptors (Lipinski definition) is 3. The lowest BCUT2D eigenvalue weighted by molar-refractivity contribution is 0.190. The van der Waals surface area contributed by atoms with Crippen LogP contribution in [-0.2, 0) is 0 Å². The molecule has 2 aromatic heterocycles. The van der Waals surface area contributed by atoms with E-state index in [0.29, 0.717) is 5.82 Å². The number of rotatable bonds is 4. The van der Waals surface area contributed by atoms with Gasteiger partial charge in [0.2, 0.25) is 0 Å². The van der Waals surface area contributed by atoms with Crippen molar-refractivity contribution in [1.82, 2.24) is 24.8 Å². The maximum absolute atomic E-state index is 13.1. The monoisotopic (exact) mass is 341 g/mol. The van der Waals surface area contributed by atoms with E-state index in [1.54, 1.807) is 24.1 Å². The van der Waals surface area contributed by atoms with Gasteiger partial charge in [-0.1, -0.05) is 18.2 Å². The molecular formula is C18H20FN5O. The van der Waals surface area contributed by atoms with E-state index in [1.165, 1.54) is 12.1 Å².